The minimum absolute atomic E-state index is 0.0183. The molecule has 48 heteroatoms. The van der Waals surface area contributed by atoms with E-state index < -0.39 is 224 Å². The number of benzene rings is 3. The van der Waals surface area contributed by atoms with Gasteiger partial charge in [-0.3, -0.25) is 66.5 Å². The number of fused-ring (bicyclic) bond motifs is 6. The first-order chi connectivity index (χ1) is 69.9. The number of nitrogens with zero attached hydrogens (tertiary/aromatic N) is 5. The van der Waals surface area contributed by atoms with E-state index in [0.29, 0.717) is 90.9 Å². The van der Waals surface area contributed by atoms with Gasteiger partial charge in [-0.1, -0.05) is 97.2 Å². The first-order valence-electron chi connectivity index (χ1n) is 48.8. The lowest BCUT2D eigenvalue weighted by molar-refractivity contribution is -0.145. The highest BCUT2D eigenvalue weighted by Crippen LogP contribution is 2.35. The monoisotopic (exact) mass is 2200 g/mol. The number of hydrogen-bond acceptors (Lipinski definition) is 32. The van der Waals surface area contributed by atoms with Gasteiger partial charge in [0, 0.05) is 150 Å². The molecule has 15 N–H and O–H groups in total. The maximum Gasteiger partial charge on any atom is 0.415 e. The molecule has 0 aliphatic carbocycles. The number of hydrogen-bond donors (Lipinski definition) is 13. The molecule has 5 aromatic rings. The van der Waals surface area contributed by atoms with Crippen LogP contribution < -0.4 is 53.4 Å². The van der Waals surface area contributed by atoms with Crippen LogP contribution in [0.4, 0.5) is 14.4 Å². The van der Waals surface area contributed by atoms with E-state index in [1.807, 2.05) is 0 Å². The van der Waals surface area contributed by atoms with Crippen LogP contribution in [0.1, 0.15) is 144 Å². The fourth-order valence-corrected chi connectivity index (χ4v) is 18.7. The third-order valence-electron chi connectivity index (χ3n) is 25.0. The van der Waals surface area contributed by atoms with Crippen molar-refractivity contribution in [2.45, 2.75) is 183 Å². The number of halogens is 2. The van der Waals surface area contributed by atoms with E-state index in [0.717, 1.165) is 21.2 Å². The number of carbonyl (C=O) groups is 16. The SMILES string of the molecule is CC[C@H](C)[C@@H]1NC(=O)CNC(=O)[C@@H]2CC(=O)[C@H]([C@@H](C)[C@@H](O)CO)NC(=O)[C@@H]3C[C@@H](O)CN3C(=O)[C@H](CC(N)=O)CC(=O)[C@H](CS(=O)c3[nH]c4cc(OC(=O)N(C)CCN(CCOCCOCCOCCCC(=O)c5ccc6nc(CBr)c(CBr)nc6c5)C(=O)OCc5ccc(CC(=O)[C@H](CCCNC(N)=O)NC(=O)[C@@H](CC(=O)CCOCCOCCOCCOCCOC)C(C)C)cc5)ccc4c3C2)NC(=O)CNC1=O. The Kier molecular flexibility index (Phi) is 52.0. The summed E-state index contributed by atoms with van der Waals surface area (Å²) in [4.78, 5) is 240. The van der Waals surface area contributed by atoms with Gasteiger partial charge in [0.25, 0.3) is 0 Å². The van der Waals surface area contributed by atoms with Crippen molar-refractivity contribution in [1.82, 2.24) is 66.9 Å². The van der Waals surface area contributed by atoms with Gasteiger partial charge in [0.05, 0.1) is 193 Å². The summed E-state index contributed by atoms with van der Waals surface area (Å²) in [5.41, 5.74) is 15.5. The van der Waals surface area contributed by atoms with E-state index in [4.69, 9.17) is 58.8 Å². The first kappa shape index (κ1) is 120. The predicted octanol–water partition coefficient (Wildman–Crippen LogP) is 2.45. The lowest BCUT2D eigenvalue weighted by Crippen LogP contribution is -2.56. The van der Waals surface area contributed by atoms with Crippen molar-refractivity contribution in [1.29, 1.82) is 0 Å². The number of ketones is 5. The number of rotatable bonds is 56. The molecule has 0 saturated carbocycles. The molecule has 3 aliphatic heterocycles. The minimum Gasteiger partial charge on any atom is -0.445 e. The summed E-state index contributed by atoms with van der Waals surface area (Å²) >= 11 is 6.90. The zero-order chi connectivity index (χ0) is 106. The van der Waals surface area contributed by atoms with Crippen molar-refractivity contribution in [2.24, 2.45) is 47.0 Å². The third kappa shape index (κ3) is 39.3. The number of H-pyrrole nitrogens is 1. The largest absolute Gasteiger partial charge is 0.445 e. The molecule has 3 aliphatic rings. The van der Waals surface area contributed by atoms with Crippen LogP contribution >= 0.6 is 31.9 Å². The second-order valence-electron chi connectivity index (χ2n) is 36.3. The Labute approximate surface area is 865 Å². The molecular formula is C98H139Br2N15O30S. The number of aromatic nitrogens is 3. The standard InChI is InChI=1S/C98H139Br2N15O30S/c1-8-59(4)88-93(130)105-52-86(125)108-78-57-146(135)94-71(42-64(90(127)104-53-87(126)111-88)44-83(122)89(60(5)84(123)55-116)112-92(129)79-48-67(118)54-115(79)95(131)65(45-82(78)121)46-85(101)124)69-19-18-68(49-74(69)110-94)145-97(133)113(6)23-24-114(25-28-139-33-36-141-34-31-137-26-10-12-80(119)63-17-20-72-75(43-63)107-77(51-100)76(50-99)106-72)98(134)144-56-62-15-13-61(14-16-62)41-81(120)73(11-9-22-103-96(102)132)109-91(128)70(58(2)3)47-66(117)21-27-138-32-35-142-39-40-143-38-37-140-30-29-136-7/h13-20,43,49,58-60,64-65,67,70,73,78-79,84,88-89,110,116,118,123H,8-12,21-42,44-48,50-57H2,1-7H3,(H2,101,124)(H,104,127)(H,105,130)(H,108,125)(H,109,128)(H,111,126)(H,112,129)(H3,102,103,132)/t59-,60-,64-,65-,67+,70-,73-,78-,79-,84-,88-,89-,146?/m0/s1. The van der Waals surface area contributed by atoms with Gasteiger partial charge in [0.2, 0.25) is 47.3 Å². The summed E-state index contributed by atoms with van der Waals surface area (Å²) in [6, 6.07) is 7.48. The van der Waals surface area contributed by atoms with Crippen LogP contribution in [-0.4, -0.2) is 357 Å². The highest BCUT2D eigenvalue weighted by molar-refractivity contribution is 9.09. The molecule has 1 unspecified atom stereocenters. The van der Waals surface area contributed by atoms with Crippen molar-refractivity contribution in [3.05, 3.63) is 94.3 Å². The van der Waals surface area contributed by atoms with Crippen molar-refractivity contribution < 1.29 is 144 Å². The summed E-state index contributed by atoms with van der Waals surface area (Å²) < 4.78 is 71.7. The van der Waals surface area contributed by atoms with E-state index in [1.54, 1.807) is 77.3 Å². The number of likely N-dealkylation sites (N-methyl/N-ethyl adjacent to an activating group) is 1. The average Bonchev–Trinajstić information content (AvgIpc) is 1.61. The fraction of sp³-hybridized carbons (Fsp3) is 0.612. The van der Waals surface area contributed by atoms with Gasteiger partial charge in [-0.25, -0.2) is 24.4 Å². The number of primary amides is 2. The smallest absolute Gasteiger partial charge is 0.415 e. The number of ether oxygens (including phenoxy) is 10. The summed E-state index contributed by atoms with van der Waals surface area (Å²) in [6.07, 6.45) is -7.48. The maximum atomic E-state index is 15.5. The molecule has 3 aromatic carbocycles. The number of Topliss-reactive ketones (excluding diaryl/α,β-unsaturated/α-hetero) is 5. The van der Waals surface area contributed by atoms with Gasteiger partial charge in [0.1, 0.15) is 35.2 Å². The molecule has 1 saturated heterocycles. The van der Waals surface area contributed by atoms with Gasteiger partial charge in [-0.05, 0) is 84.5 Å². The summed E-state index contributed by atoms with van der Waals surface area (Å²) in [5.74, 6) is -17.5. The normalized spacial score (nSPS) is 19.5. The third-order valence-corrected chi connectivity index (χ3v) is 27.5. The second kappa shape index (κ2) is 63.1. The lowest BCUT2D eigenvalue weighted by Gasteiger charge is -2.32. The fourth-order valence-electron chi connectivity index (χ4n) is 16.4. The Balaban J connectivity index is 0.990. The van der Waals surface area contributed by atoms with E-state index in [9.17, 15) is 82.4 Å². The summed E-state index contributed by atoms with van der Waals surface area (Å²) in [7, 11) is 0.418. The molecule has 45 nitrogen and oxygen atoms in total. The topological polar surface area (TPSA) is 631 Å². The number of aromatic amines is 1. The van der Waals surface area contributed by atoms with E-state index in [-0.39, 0.29) is 181 Å². The molecular weight excluding hydrogens is 2060 g/mol. The second-order valence-corrected chi connectivity index (χ2v) is 38.8. The molecule has 8 rings (SSSR count). The van der Waals surface area contributed by atoms with Crippen LogP contribution in [0.5, 0.6) is 5.75 Å². The Morgan fingerprint density at radius 3 is 1.90 bits per heavy atom. The number of nitrogens with one attached hydrogen (secondary N) is 8. The van der Waals surface area contributed by atoms with E-state index in [1.165, 1.54) is 37.1 Å². The van der Waals surface area contributed by atoms with Gasteiger partial charge >= 0.3 is 18.2 Å². The predicted molar refractivity (Wildman–Crippen MR) is 536 cm³/mol. The first-order valence-corrected chi connectivity index (χ1v) is 52.4. The number of urea groups is 1. The molecule has 806 valence electrons. The highest BCUT2D eigenvalue weighted by atomic mass is 79.9. The van der Waals surface area contributed by atoms with Gasteiger partial charge in [0.15, 0.2) is 23.1 Å². The average molecular weight is 2200 g/mol. The van der Waals surface area contributed by atoms with Gasteiger partial charge < -0.3 is 131 Å². The molecule has 146 heavy (non-hydrogen) atoms. The summed E-state index contributed by atoms with van der Waals surface area (Å²) in [5, 5.41) is 51.3. The van der Waals surface area contributed by atoms with Crippen molar-refractivity contribution in [2.75, 3.05) is 171 Å². The zero-order valence-electron chi connectivity index (χ0n) is 83.5. The number of alkyl halides is 2. The van der Waals surface area contributed by atoms with Crippen LogP contribution in [0.3, 0.4) is 0 Å². The van der Waals surface area contributed by atoms with E-state index >= 15 is 13.8 Å². The number of nitrogens with two attached hydrogens (primary N) is 2. The zero-order valence-corrected chi connectivity index (χ0v) is 87.5. The Bertz CT molecular complexity index is 5260. The van der Waals surface area contributed by atoms with Crippen molar-refractivity contribution >= 4 is 159 Å². The van der Waals surface area contributed by atoms with Crippen LogP contribution in [0.25, 0.3) is 21.9 Å². The van der Waals surface area contributed by atoms with E-state index in [2.05, 4.69) is 84.0 Å². The molecule has 12 amide bonds. The molecule has 1 fully saturated rings. The highest BCUT2D eigenvalue weighted by Gasteiger charge is 2.46. The molecule has 5 heterocycles. The van der Waals surface area contributed by atoms with Crippen molar-refractivity contribution in [3.63, 3.8) is 0 Å². The van der Waals surface area contributed by atoms with Gasteiger partial charge in [-0.2, -0.15) is 0 Å². The lowest BCUT2D eigenvalue weighted by atomic mass is 9.85. The van der Waals surface area contributed by atoms with Crippen LogP contribution in [0.15, 0.2) is 65.7 Å². The maximum absolute atomic E-state index is 15.5. The molecule has 0 spiro atoms. The minimum atomic E-state index is -2.54. The summed E-state index contributed by atoms with van der Waals surface area (Å²) in [6.45, 7) is 8.30. The number of amides is 12. The quantitative estimate of drug-likeness (QED) is 0.0151. The van der Waals surface area contributed by atoms with Crippen LogP contribution in [0.2, 0.25) is 0 Å². The Morgan fingerprint density at radius 1 is 0.664 bits per heavy atom. The molecule has 2 bridgehead atoms. The number of methoxy groups -OCH3 is 1. The molecule has 0 radical (unpaired) electrons. The van der Waals surface area contributed by atoms with Crippen molar-refractivity contribution in [3.8, 4) is 5.75 Å². The molecule has 13 atom stereocenters. The van der Waals surface area contributed by atoms with Crippen LogP contribution in [-0.2, 0) is 141 Å². The number of aliphatic hydroxyl groups is 3. The Morgan fingerprint density at radius 2 is 1.28 bits per heavy atom. The molecule has 2 aromatic heterocycles. The number of carbonyl (C=O) groups excluding carboxylic acids is 16. The Hall–Kier alpha value is -10.9. The van der Waals surface area contributed by atoms with Crippen LogP contribution in [0, 0.1) is 35.5 Å². The van der Waals surface area contributed by atoms with Gasteiger partial charge in [-0.15, -0.1) is 0 Å². The number of aliphatic hydroxyl groups excluding tert-OH is 3.